The summed E-state index contributed by atoms with van der Waals surface area (Å²) in [5, 5.41) is 9.07. The Morgan fingerprint density at radius 2 is 1.90 bits per heavy atom. The molecule has 1 atom stereocenters. The zero-order valence-electron chi connectivity index (χ0n) is 12.3. The molecule has 1 heterocycles. The number of aliphatic carboxylic acids is 1. The minimum atomic E-state index is -0.870. The number of rotatable bonds is 7. The summed E-state index contributed by atoms with van der Waals surface area (Å²) < 4.78 is 0. The fraction of sp³-hybridized carbons (Fsp3) is 0.529. The Morgan fingerprint density at radius 3 is 2.62 bits per heavy atom. The van der Waals surface area contributed by atoms with Crippen LogP contribution in [-0.2, 0) is 16.0 Å². The van der Waals surface area contributed by atoms with Crippen LogP contribution in [0.25, 0.3) is 0 Å². The lowest BCUT2D eigenvalue weighted by atomic mass is 10.1. The standard InChI is InChI=1S/C17H23NO3/c19-16(18-13-7-11-15(18)17(20)21)12-6-2-5-10-14-8-3-1-4-9-14/h1,3-4,8-9,15H,2,5-7,10-13H2,(H,20,21). The Morgan fingerprint density at radius 1 is 1.14 bits per heavy atom. The van der Waals surface area contributed by atoms with Gasteiger partial charge >= 0.3 is 5.97 Å². The van der Waals surface area contributed by atoms with E-state index in [1.807, 2.05) is 18.2 Å². The van der Waals surface area contributed by atoms with E-state index in [-0.39, 0.29) is 5.91 Å². The monoisotopic (exact) mass is 289 g/mol. The minimum absolute atomic E-state index is 0.000360. The molecule has 1 aromatic carbocycles. The van der Waals surface area contributed by atoms with E-state index in [9.17, 15) is 9.59 Å². The van der Waals surface area contributed by atoms with Gasteiger partial charge in [0.1, 0.15) is 6.04 Å². The van der Waals surface area contributed by atoms with E-state index in [1.54, 1.807) is 4.90 Å². The highest BCUT2D eigenvalue weighted by Gasteiger charge is 2.33. The number of hydrogen-bond donors (Lipinski definition) is 1. The molecule has 4 heteroatoms. The van der Waals surface area contributed by atoms with Crippen molar-refractivity contribution in [2.45, 2.75) is 51.0 Å². The Kier molecular flexibility index (Phi) is 5.78. The normalized spacial score (nSPS) is 17.9. The fourth-order valence-electron chi connectivity index (χ4n) is 2.89. The number of aryl methyl sites for hydroxylation is 1. The second-order valence-corrected chi connectivity index (χ2v) is 5.63. The first-order valence-electron chi connectivity index (χ1n) is 7.74. The number of nitrogens with zero attached hydrogens (tertiary/aromatic N) is 1. The largest absolute Gasteiger partial charge is 0.480 e. The number of likely N-dealkylation sites (tertiary alicyclic amines) is 1. The van der Waals surface area contributed by atoms with Gasteiger partial charge in [-0.1, -0.05) is 36.8 Å². The van der Waals surface area contributed by atoms with Crippen molar-refractivity contribution in [2.75, 3.05) is 6.54 Å². The number of carbonyl (C=O) groups is 2. The first kappa shape index (κ1) is 15.5. The van der Waals surface area contributed by atoms with Crippen molar-refractivity contribution in [3.05, 3.63) is 35.9 Å². The first-order chi connectivity index (χ1) is 10.2. The SMILES string of the molecule is O=C(O)C1CCCN1C(=O)CCCCCc1ccccc1. The van der Waals surface area contributed by atoms with Crippen molar-refractivity contribution < 1.29 is 14.7 Å². The van der Waals surface area contributed by atoms with Crippen LogP contribution in [0, 0.1) is 0 Å². The summed E-state index contributed by atoms with van der Waals surface area (Å²) in [6.45, 7) is 0.597. The Balaban J connectivity index is 1.64. The van der Waals surface area contributed by atoms with Gasteiger partial charge in [0, 0.05) is 13.0 Å². The predicted octanol–water partition coefficient (Wildman–Crippen LogP) is 2.87. The molecular weight excluding hydrogens is 266 g/mol. The molecule has 1 N–H and O–H groups in total. The number of carbonyl (C=O) groups excluding carboxylic acids is 1. The van der Waals surface area contributed by atoms with Gasteiger partial charge in [-0.15, -0.1) is 0 Å². The van der Waals surface area contributed by atoms with Gasteiger partial charge in [0.25, 0.3) is 0 Å². The van der Waals surface area contributed by atoms with Gasteiger partial charge in [-0.2, -0.15) is 0 Å². The summed E-state index contributed by atoms with van der Waals surface area (Å²) in [6.07, 6.45) is 5.82. The van der Waals surface area contributed by atoms with Crippen molar-refractivity contribution in [2.24, 2.45) is 0 Å². The van der Waals surface area contributed by atoms with Gasteiger partial charge in [-0.25, -0.2) is 4.79 Å². The smallest absolute Gasteiger partial charge is 0.326 e. The molecule has 0 saturated carbocycles. The Labute approximate surface area is 125 Å². The van der Waals surface area contributed by atoms with Gasteiger partial charge in [0.15, 0.2) is 0 Å². The lowest BCUT2D eigenvalue weighted by Crippen LogP contribution is -2.40. The average Bonchev–Trinajstić information content (AvgIpc) is 2.97. The van der Waals surface area contributed by atoms with E-state index in [0.29, 0.717) is 19.4 Å². The van der Waals surface area contributed by atoms with Crippen LogP contribution in [-0.4, -0.2) is 34.5 Å². The number of carboxylic acids is 1. The van der Waals surface area contributed by atoms with E-state index < -0.39 is 12.0 Å². The zero-order valence-corrected chi connectivity index (χ0v) is 12.3. The number of hydrogen-bond acceptors (Lipinski definition) is 2. The third-order valence-electron chi connectivity index (χ3n) is 4.06. The molecular formula is C17H23NO3. The molecule has 0 bridgehead atoms. The van der Waals surface area contributed by atoms with Crippen LogP contribution >= 0.6 is 0 Å². The Hall–Kier alpha value is -1.84. The van der Waals surface area contributed by atoms with Gasteiger partial charge in [-0.3, -0.25) is 4.79 Å². The molecule has 0 aromatic heterocycles. The summed E-state index contributed by atoms with van der Waals surface area (Å²) in [7, 11) is 0. The van der Waals surface area contributed by atoms with Crippen LogP contribution in [0.4, 0.5) is 0 Å². The molecule has 0 radical (unpaired) electrons. The first-order valence-corrected chi connectivity index (χ1v) is 7.74. The topological polar surface area (TPSA) is 57.6 Å². The van der Waals surface area contributed by atoms with Crippen molar-refractivity contribution in [1.29, 1.82) is 0 Å². The Bertz CT molecular complexity index is 472. The van der Waals surface area contributed by atoms with Crippen LogP contribution in [0.5, 0.6) is 0 Å². The van der Waals surface area contributed by atoms with Crippen molar-refractivity contribution in [1.82, 2.24) is 4.90 Å². The summed E-state index contributed by atoms with van der Waals surface area (Å²) in [5.41, 5.74) is 1.33. The predicted molar refractivity (Wildman–Crippen MR) is 81.0 cm³/mol. The van der Waals surface area contributed by atoms with Crippen molar-refractivity contribution >= 4 is 11.9 Å². The van der Waals surface area contributed by atoms with Gasteiger partial charge in [0.2, 0.25) is 5.91 Å². The maximum Gasteiger partial charge on any atom is 0.326 e. The van der Waals surface area contributed by atoms with Crippen molar-refractivity contribution in [3.8, 4) is 0 Å². The molecule has 114 valence electrons. The molecule has 1 aromatic rings. The second-order valence-electron chi connectivity index (χ2n) is 5.63. The van der Waals surface area contributed by atoms with Crippen LogP contribution in [0.15, 0.2) is 30.3 Å². The van der Waals surface area contributed by atoms with Crippen LogP contribution < -0.4 is 0 Å². The lowest BCUT2D eigenvalue weighted by Gasteiger charge is -2.21. The second kappa shape index (κ2) is 7.81. The molecule has 2 rings (SSSR count). The third kappa shape index (κ3) is 4.59. The molecule has 0 aliphatic carbocycles. The number of unbranched alkanes of at least 4 members (excludes halogenated alkanes) is 2. The number of carboxylic acid groups (broad SMARTS) is 1. The lowest BCUT2D eigenvalue weighted by molar-refractivity contribution is -0.148. The maximum absolute atomic E-state index is 12.1. The van der Waals surface area contributed by atoms with Crippen LogP contribution in [0.3, 0.4) is 0 Å². The highest BCUT2D eigenvalue weighted by Crippen LogP contribution is 2.19. The van der Waals surface area contributed by atoms with Gasteiger partial charge in [-0.05, 0) is 37.7 Å². The van der Waals surface area contributed by atoms with Crippen LogP contribution in [0.2, 0.25) is 0 Å². The summed E-state index contributed by atoms with van der Waals surface area (Å²) in [6, 6.07) is 9.73. The third-order valence-corrected chi connectivity index (χ3v) is 4.06. The molecule has 1 aliphatic heterocycles. The van der Waals surface area contributed by atoms with Crippen LogP contribution in [0.1, 0.15) is 44.1 Å². The molecule has 21 heavy (non-hydrogen) atoms. The molecule has 0 spiro atoms. The molecule has 4 nitrogen and oxygen atoms in total. The highest BCUT2D eigenvalue weighted by molar-refractivity contribution is 5.84. The molecule has 1 fully saturated rings. The zero-order chi connectivity index (χ0) is 15.1. The molecule has 1 saturated heterocycles. The minimum Gasteiger partial charge on any atom is -0.480 e. The molecule has 1 aliphatic rings. The number of amides is 1. The van der Waals surface area contributed by atoms with E-state index in [2.05, 4.69) is 12.1 Å². The quantitative estimate of drug-likeness (QED) is 0.785. The van der Waals surface area contributed by atoms with E-state index in [0.717, 1.165) is 32.1 Å². The van der Waals surface area contributed by atoms with E-state index in [1.165, 1.54) is 5.56 Å². The highest BCUT2D eigenvalue weighted by atomic mass is 16.4. The van der Waals surface area contributed by atoms with E-state index >= 15 is 0 Å². The van der Waals surface area contributed by atoms with Gasteiger partial charge < -0.3 is 10.0 Å². The number of benzene rings is 1. The average molecular weight is 289 g/mol. The summed E-state index contributed by atoms with van der Waals surface area (Å²) >= 11 is 0. The summed E-state index contributed by atoms with van der Waals surface area (Å²) in [5.74, 6) is -0.871. The van der Waals surface area contributed by atoms with E-state index in [4.69, 9.17) is 5.11 Å². The molecule has 1 amide bonds. The van der Waals surface area contributed by atoms with Crippen molar-refractivity contribution in [3.63, 3.8) is 0 Å². The fourth-order valence-corrected chi connectivity index (χ4v) is 2.89. The summed E-state index contributed by atoms with van der Waals surface area (Å²) in [4.78, 5) is 24.7. The van der Waals surface area contributed by atoms with Gasteiger partial charge in [0.05, 0.1) is 0 Å². The molecule has 1 unspecified atom stereocenters. The maximum atomic E-state index is 12.1.